The molecule has 0 spiro atoms. The van der Waals surface area contributed by atoms with Crippen molar-refractivity contribution < 1.29 is 18.0 Å². The molecule has 0 radical (unpaired) electrons. The number of anilines is 1. The molecule has 0 fully saturated rings. The molecule has 1 amide bonds. The Balaban J connectivity index is 2.03. The third-order valence-electron chi connectivity index (χ3n) is 2.37. The molecule has 0 aliphatic heterocycles. The van der Waals surface area contributed by atoms with Crippen molar-refractivity contribution in [3.05, 3.63) is 28.9 Å². The molecular weight excluding hydrogens is 337 g/mol. The van der Waals surface area contributed by atoms with Crippen molar-refractivity contribution in [2.75, 3.05) is 11.1 Å². The first-order valence-electron chi connectivity index (χ1n) is 6.16. The number of carbonyl (C=O) groups excluding carboxylic acids is 1. The average Bonchev–Trinajstić information content (AvgIpc) is 2.92. The molecule has 2 heterocycles. The SMILES string of the molecule is CCc1nnc(NC(=O)c2ccnc(SCC(F)(F)F)c2)s1. The number of carbonyl (C=O) groups is 1. The number of hydrogen-bond acceptors (Lipinski definition) is 6. The maximum Gasteiger partial charge on any atom is 0.398 e. The molecule has 2 aromatic rings. The summed E-state index contributed by atoms with van der Waals surface area (Å²) >= 11 is 1.78. The third-order valence-corrected chi connectivity index (χ3v) is 4.34. The van der Waals surface area contributed by atoms with E-state index in [0.29, 0.717) is 23.3 Å². The Hall–Kier alpha value is -1.68. The van der Waals surface area contributed by atoms with Crippen LogP contribution in [0, 0.1) is 0 Å². The lowest BCUT2D eigenvalue weighted by Crippen LogP contribution is -2.13. The van der Waals surface area contributed by atoms with Gasteiger partial charge >= 0.3 is 6.18 Å². The van der Waals surface area contributed by atoms with E-state index in [4.69, 9.17) is 0 Å². The number of pyridine rings is 1. The minimum atomic E-state index is -4.28. The molecule has 0 saturated heterocycles. The van der Waals surface area contributed by atoms with Gasteiger partial charge in [-0.15, -0.1) is 10.2 Å². The Kier molecular flexibility index (Phi) is 5.35. The molecule has 2 aromatic heterocycles. The molecule has 0 atom stereocenters. The first kappa shape index (κ1) is 16.7. The Morgan fingerprint density at radius 3 is 2.82 bits per heavy atom. The van der Waals surface area contributed by atoms with Crippen LogP contribution in [-0.2, 0) is 6.42 Å². The number of nitrogens with zero attached hydrogens (tertiary/aromatic N) is 3. The fourth-order valence-corrected chi connectivity index (χ4v) is 2.73. The molecule has 0 aliphatic rings. The molecule has 0 aromatic carbocycles. The summed E-state index contributed by atoms with van der Waals surface area (Å²) in [6, 6.07) is 2.74. The standard InChI is InChI=1S/C12H11F3N4OS2/c1-2-8-18-19-11(22-8)17-10(20)7-3-4-16-9(5-7)21-6-12(13,14)15/h3-5H,2,6H2,1H3,(H,17,19,20). The van der Waals surface area contributed by atoms with Crippen molar-refractivity contribution >= 4 is 34.1 Å². The zero-order valence-electron chi connectivity index (χ0n) is 11.3. The average molecular weight is 348 g/mol. The summed E-state index contributed by atoms with van der Waals surface area (Å²) in [5.41, 5.74) is 0.216. The lowest BCUT2D eigenvalue weighted by Gasteiger charge is -2.06. The van der Waals surface area contributed by atoms with E-state index in [1.807, 2.05) is 6.92 Å². The maximum absolute atomic E-state index is 12.2. The number of nitrogens with one attached hydrogen (secondary N) is 1. The smallest absolute Gasteiger partial charge is 0.296 e. The van der Waals surface area contributed by atoms with Gasteiger partial charge in [0.05, 0.1) is 10.8 Å². The molecule has 10 heteroatoms. The van der Waals surface area contributed by atoms with Crippen molar-refractivity contribution in [1.82, 2.24) is 15.2 Å². The number of hydrogen-bond donors (Lipinski definition) is 1. The lowest BCUT2D eigenvalue weighted by atomic mass is 10.2. The van der Waals surface area contributed by atoms with E-state index in [0.717, 1.165) is 5.01 Å². The van der Waals surface area contributed by atoms with Crippen LogP contribution in [0.1, 0.15) is 22.3 Å². The van der Waals surface area contributed by atoms with E-state index in [1.54, 1.807) is 0 Å². The summed E-state index contributed by atoms with van der Waals surface area (Å²) in [6.07, 6.45) is -2.28. The van der Waals surface area contributed by atoms with Gasteiger partial charge in [0.25, 0.3) is 5.91 Å². The van der Waals surface area contributed by atoms with Crippen LogP contribution in [0.2, 0.25) is 0 Å². The van der Waals surface area contributed by atoms with Crippen LogP contribution in [-0.4, -0.2) is 33.0 Å². The van der Waals surface area contributed by atoms with E-state index in [9.17, 15) is 18.0 Å². The van der Waals surface area contributed by atoms with Gasteiger partial charge in [0, 0.05) is 11.8 Å². The number of amides is 1. The summed E-state index contributed by atoms with van der Waals surface area (Å²) in [4.78, 5) is 15.8. The Morgan fingerprint density at radius 2 is 2.18 bits per heavy atom. The molecule has 0 unspecified atom stereocenters. The second-order valence-electron chi connectivity index (χ2n) is 4.10. The van der Waals surface area contributed by atoms with Crippen LogP contribution in [0.3, 0.4) is 0 Å². The predicted octanol–water partition coefficient (Wildman–Crippen LogP) is 3.40. The van der Waals surface area contributed by atoms with Crippen molar-refractivity contribution in [2.24, 2.45) is 0 Å². The molecule has 22 heavy (non-hydrogen) atoms. The molecule has 1 N–H and O–H groups in total. The zero-order valence-corrected chi connectivity index (χ0v) is 13.0. The highest BCUT2D eigenvalue weighted by atomic mass is 32.2. The van der Waals surface area contributed by atoms with Gasteiger partial charge in [-0.1, -0.05) is 30.0 Å². The van der Waals surface area contributed by atoms with Gasteiger partial charge in [-0.25, -0.2) is 4.98 Å². The van der Waals surface area contributed by atoms with Crippen LogP contribution in [0.5, 0.6) is 0 Å². The topological polar surface area (TPSA) is 67.8 Å². The molecule has 0 bridgehead atoms. The summed E-state index contributed by atoms with van der Waals surface area (Å²) in [7, 11) is 0. The van der Waals surface area contributed by atoms with Gasteiger partial charge in [0.2, 0.25) is 5.13 Å². The van der Waals surface area contributed by atoms with Crippen LogP contribution in [0.15, 0.2) is 23.4 Å². The number of aryl methyl sites for hydroxylation is 1. The van der Waals surface area contributed by atoms with Gasteiger partial charge in [-0.3, -0.25) is 10.1 Å². The summed E-state index contributed by atoms with van der Waals surface area (Å²) in [6.45, 7) is 1.92. The van der Waals surface area contributed by atoms with E-state index in [-0.39, 0.29) is 10.6 Å². The maximum atomic E-state index is 12.2. The predicted molar refractivity (Wildman–Crippen MR) is 78.3 cm³/mol. The molecule has 118 valence electrons. The molecule has 0 saturated carbocycles. The zero-order chi connectivity index (χ0) is 16.2. The Bertz CT molecular complexity index is 660. The Labute approximate surface area is 132 Å². The fraction of sp³-hybridized carbons (Fsp3) is 0.333. The minimum Gasteiger partial charge on any atom is -0.296 e. The van der Waals surface area contributed by atoms with Gasteiger partial charge < -0.3 is 0 Å². The first-order chi connectivity index (χ1) is 10.4. The third kappa shape index (κ3) is 4.95. The second kappa shape index (κ2) is 7.05. The van der Waals surface area contributed by atoms with E-state index < -0.39 is 17.8 Å². The quantitative estimate of drug-likeness (QED) is 0.839. The van der Waals surface area contributed by atoms with Crippen LogP contribution in [0.4, 0.5) is 18.3 Å². The highest BCUT2D eigenvalue weighted by Gasteiger charge is 2.27. The van der Waals surface area contributed by atoms with E-state index in [1.165, 1.54) is 29.7 Å². The van der Waals surface area contributed by atoms with Crippen LogP contribution in [0.25, 0.3) is 0 Å². The fourth-order valence-electron chi connectivity index (χ4n) is 1.40. The first-order valence-corrected chi connectivity index (χ1v) is 7.97. The van der Waals surface area contributed by atoms with Crippen molar-refractivity contribution in [3.63, 3.8) is 0 Å². The number of aromatic nitrogens is 3. The number of rotatable bonds is 5. The molecular formula is C12H11F3N4OS2. The second-order valence-corrected chi connectivity index (χ2v) is 6.15. The monoisotopic (exact) mass is 348 g/mol. The van der Waals surface area contributed by atoms with Gasteiger partial charge in [0.1, 0.15) is 5.01 Å². The molecule has 0 aliphatic carbocycles. The summed E-state index contributed by atoms with van der Waals surface area (Å²) in [5, 5.41) is 11.5. The molecule has 5 nitrogen and oxygen atoms in total. The van der Waals surface area contributed by atoms with Gasteiger partial charge in [-0.2, -0.15) is 13.2 Å². The number of alkyl halides is 3. The number of thioether (sulfide) groups is 1. The summed E-state index contributed by atoms with van der Waals surface area (Å²) < 4.78 is 36.5. The largest absolute Gasteiger partial charge is 0.398 e. The normalized spacial score (nSPS) is 11.5. The van der Waals surface area contributed by atoms with E-state index in [2.05, 4.69) is 20.5 Å². The summed E-state index contributed by atoms with van der Waals surface area (Å²) in [5.74, 6) is -1.52. The minimum absolute atomic E-state index is 0.136. The highest BCUT2D eigenvalue weighted by molar-refractivity contribution is 7.99. The highest BCUT2D eigenvalue weighted by Crippen LogP contribution is 2.26. The van der Waals surface area contributed by atoms with E-state index >= 15 is 0 Å². The van der Waals surface area contributed by atoms with Crippen LogP contribution >= 0.6 is 23.1 Å². The molecule has 2 rings (SSSR count). The number of halogens is 3. The van der Waals surface area contributed by atoms with Crippen molar-refractivity contribution in [2.45, 2.75) is 24.5 Å². The Morgan fingerprint density at radius 1 is 1.41 bits per heavy atom. The van der Waals surface area contributed by atoms with Crippen molar-refractivity contribution in [1.29, 1.82) is 0 Å². The van der Waals surface area contributed by atoms with Gasteiger partial charge in [0.15, 0.2) is 0 Å². The lowest BCUT2D eigenvalue weighted by molar-refractivity contribution is -0.105. The van der Waals surface area contributed by atoms with Crippen LogP contribution < -0.4 is 5.32 Å². The van der Waals surface area contributed by atoms with Gasteiger partial charge in [-0.05, 0) is 18.6 Å². The van der Waals surface area contributed by atoms with Crippen molar-refractivity contribution in [3.8, 4) is 0 Å².